The average Bonchev–Trinajstić information content (AvgIpc) is 2.40. The van der Waals surface area contributed by atoms with Gasteiger partial charge >= 0.3 is 0 Å². The van der Waals surface area contributed by atoms with E-state index in [0.717, 1.165) is 0 Å². The van der Waals surface area contributed by atoms with Crippen LogP contribution >= 0.6 is 0 Å². The van der Waals surface area contributed by atoms with Gasteiger partial charge < -0.3 is 30.4 Å². The largest absolute Gasteiger partial charge is 0.377 e. The Morgan fingerprint density at radius 2 is 1.16 bits per heavy atom. The SMILES string of the molecule is CC(COCCN)OCC(C)OCC(C)OCCN. The van der Waals surface area contributed by atoms with Crippen LogP contribution < -0.4 is 11.5 Å². The van der Waals surface area contributed by atoms with Gasteiger partial charge in [0.25, 0.3) is 0 Å². The van der Waals surface area contributed by atoms with Crippen molar-refractivity contribution in [1.82, 2.24) is 0 Å². The van der Waals surface area contributed by atoms with E-state index in [0.29, 0.717) is 46.1 Å². The maximum Gasteiger partial charge on any atom is 0.0781 e. The molecular weight excluding hydrogens is 248 g/mol. The molecule has 0 aromatic carbocycles. The van der Waals surface area contributed by atoms with Gasteiger partial charge in [0.2, 0.25) is 0 Å². The van der Waals surface area contributed by atoms with Crippen molar-refractivity contribution < 1.29 is 18.9 Å². The molecule has 6 nitrogen and oxygen atoms in total. The molecule has 6 heteroatoms. The highest BCUT2D eigenvalue weighted by molar-refractivity contribution is 4.55. The highest BCUT2D eigenvalue weighted by Crippen LogP contribution is 2.00. The van der Waals surface area contributed by atoms with Crippen LogP contribution in [-0.2, 0) is 18.9 Å². The van der Waals surface area contributed by atoms with Crippen LogP contribution in [-0.4, -0.2) is 64.4 Å². The Labute approximate surface area is 116 Å². The summed E-state index contributed by atoms with van der Waals surface area (Å²) in [6, 6.07) is 0. The lowest BCUT2D eigenvalue weighted by Gasteiger charge is -2.19. The Hall–Kier alpha value is -0.240. The molecule has 0 aliphatic heterocycles. The molecule has 0 radical (unpaired) electrons. The maximum absolute atomic E-state index is 5.63. The summed E-state index contributed by atoms with van der Waals surface area (Å²) in [6.07, 6.45) is 0.126. The Bertz CT molecular complexity index is 195. The molecule has 0 aromatic rings. The second-order valence-electron chi connectivity index (χ2n) is 4.62. The van der Waals surface area contributed by atoms with Crippen LogP contribution in [0, 0.1) is 0 Å². The summed E-state index contributed by atoms with van der Waals surface area (Å²) < 4.78 is 21.9. The van der Waals surface area contributed by atoms with E-state index in [1.165, 1.54) is 0 Å². The molecule has 3 unspecified atom stereocenters. The molecule has 0 fully saturated rings. The zero-order valence-corrected chi connectivity index (χ0v) is 12.5. The molecule has 0 heterocycles. The first-order valence-electron chi connectivity index (χ1n) is 6.92. The topological polar surface area (TPSA) is 89.0 Å². The molecule has 19 heavy (non-hydrogen) atoms. The second kappa shape index (κ2) is 12.8. The first-order valence-corrected chi connectivity index (χ1v) is 6.92. The van der Waals surface area contributed by atoms with E-state index in [1.54, 1.807) is 0 Å². The summed E-state index contributed by atoms with van der Waals surface area (Å²) in [5.41, 5.74) is 10.7. The Morgan fingerprint density at radius 1 is 0.684 bits per heavy atom. The van der Waals surface area contributed by atoms with Crippen LogP contribution in [0.15, 0.2) is 0 Å². The normalized spacial score (nSPS) is 16.3. The van der Waals surface area contributed by atoms with Crippen LogP contribution in [0.4, 0.5) is 0 Å². The fraction of sp³-hybridized carbons (Fsp3) is 1.00. The molecule has 4 N–H and O–H groups in total. The summed E-state index contributed by atoms with van der Waals surface area (Å²) in [4.78, 5) is 0. The van der Waals surface area contributed by atoms with Crippen molar-refractivity contribution >= 4 is 0 Å². The molecule has 0 saturated carbocycles. The summed E-state index contributed by atoms with van der Waals surface area (Å²) in [5, 5.41) is 0. The smallest absolute Gasteiger partial charge is 0.0781 e. The molecule has 0 aromatic heterocycles. The number of hydrogen-bond acceptors (Lipinski definition) is 6. The van der Waals surface area contributed by atoms with E-state index in [1.807, 2.05) is 20.8 Å². The van der Waals surface area contributed by atoms with E-state index in [-0.39, 0.29) is 18.3 Å². The minimum absolute atomic E-state index is 0.0286. The van der Waals surface area contributed by atoms with Crippen molar-refractivity contribution in [2.24, 2.45) is 11.5 Å². The minimum atomic E-state index is 0.0286. The molecular formula is C13H30N2O4. The van der Waals surface area contributed by atoms with E-state index < -0.39 is 0 Å². The van der Waals surface area contributed by atoms with Gasteiger partial charge in [-0.2, -0.15) is 0 Å². The van der Waals surface area contributed by atoms with E-state index in [9.17, 15) is 0 Å². The molecule has 3 atom stereocenters. The average molecular weight is 278 g/mol. The van der Waals surface area contributed by atoms with Gasteiger partial charge in [0, 0.05) is 13.1 Å². The lowest BCUT2D eigenvalue weighted by atomic mass is 10.4. The van der Waals surface area contributed by atoms with Gasteiger partial charge in [-0.15, -0.1) is 0 Å². The summed E-state index contributed by atoms with van der Waals surface area (Å²) in [6.45, 7) is 9.74. The van der Waals surface area contributed by atoms with E-state index in [2.05, 4.69) is 0 Å². The van der Waals surface area contributed by atoms with Gasteiger partial charge in [-0.1, -0.05) is 0 Å². The predicted octanol–water partition coefficient (Wildman–Crippen LogP) is 0.136. The van der Waals surface area contributed by atoms with E-state index >= 15 is 0 Å². The lowest BCUT2D eigenvalue weighted by molar-refractivity contribution is -0.0787. The van der Waals surface area contributed by atoms with Gasteiger partial charge in [-0.05, 0) is 20.8 Å². The predicted molar refractivity (Wildman–Crippen MR) is 75.2 cm³/mol. The molecule has 0 aliphatic carbocycles. The van der Waals surface area contributed by atoms with Crippen LogP contribution in [0.1, 0.15) is 20.8 Å². The zero-order chi connectivity index (χ0) is 14.5. The lowest BCUT2D eigenvalue weighted by Crippen LogP contribution is -2.27. The summed E-state index contributed by atoms with van der Waals surface area (Å²) in [5.74, 6) is 0. The maximum atomic E-state index is 5.63. The fourth-order valence-corrected chi connectivity index (χ4v) is 1.35. The molecule has 0 bridgehead atoms. The van der Waals surface area contributed by atoms with Crippen LogP contribution in [0.2, 0.25) is 0 Å². The van der Waals surface area contributed by atoms with Crippen molar-refractivity contribution in [2.75, 3.05) is 46.1 Å². The number of ether oxygens (including phenoxy) is 4. The molecule has 0 amide bonds. The Balaban J connectivity index is 3.49. The second-order valence-corrected chi connectivity index (χ2v) is 4.62. The van der Waals surface area contributed by atoms with Crippen molar-refractivity contribution in [1.29, 1.82) is 0 Å². The van der Waals surface area contributed by atoms with Gasteiger partial charge in [-0.3, -0.25) is 0 Å². The number of nitrogens with two attached hydrogens (primary N) is 2. The molecule has 0 spiro atoms. The molecule has 0 rings (SSSR count). The fourth-order valence-electron chi connectivity index (χ4n) is 1.35. The number of rotatable bonds is 13. The molecule has 0 aliphatic rings. The highest BCUT2D eigenvalue weighted by atomic mass is 16.6. The monoisotopic (exact) mass is 278 g/mol. The molecule has 116 valence electrons. The van der Waals surface area contributed by atoms with Crippen LogP contribution in [0.5, 0.6) is 0 Å². The standard InChI is InChI=1S/C13H30N2O4/c1-11(8-16-6-4-14)18-10-13(3)19-9-12(2)17-7-5-15/h11-13H,4-10,14-15H2,1-3H3. The van der Waals surface area contributed by atoms with Crippen molar-refractivity contribution in [3.05, 3.63) is 0 Å². The highest BCUT2D eigenvalue weighted by Gasteiger charge is 2.09. The quantitative estimate of drug-likeness (QED) is 0.466. The van der Waals surface area contributed by atoms with Crippen molar-refractivity contribution in [3.8, 4) is 0 Å². The first-order chi connectivity index (χ1) is 9.10. The third kappa shape index (κ3) is 12.5. The number of hydrogen-bond donors (Lipinski definition) is 2. The summed E-state index contributed by atoms with van der Waals surface area (Å²) in [7, 11) is 0. The third-order valence-corrected chi connectivity index (χ3v) is 2.37. The summed E-state index contributed by atoms with van der Waals surface area (Å²) >= 11 is 0. The first kappa shape index (κ1) is 18.8. The van der Waals surface area contributed by atoms with Crippen molar-refractivity contribution in [2.45, 2.75) is 39.1 Å². The molecule has 0 saturated heterocycles. The van der Waals surface area contributed by atoms with E-state index in [4.69, 9.17) is 30.4 Å². The minimum Gasteiger partial charge on any atom is -0.377 e. The van der Waals surface area contributed by atoms with Gasteiger partial charge in [-0.25, -0.2) is 0 Å². The van der Waals surface area contributed by atoms with Crippen LogP contribution in [0.25, 0.3) is 0 Å². The Morgan fingerprint density at radius 3 is 1.68 bits per heavy atom. The Kier molecular flexibility index (Phi) is 12.6. The van der Waals surface area contributed by atoms with Crippen molar-refractivity contribution in [3.63, 3.8) is 0 Å². The van der Waals surface area contributed by atoms with Gasteiger partial charge in [0.1, 0.15) is 0 Å². The van der Waals surface area contributed by atoms with Gasteiger partial charge in [0.15, 0.2) is 0 Å². The third-order valence-electron chi connectivity index (χ3n) is 2.37. The van der Waals surface area contributed by atoms with Gasteiger partial charge in [0.05, 0.1) is 51.3 Å². The zero-order valence-electron chi connectivity index (χ0n) is 12.5. The van der Waals surface area contributed by atoms with Crippen LogP contribution in [0.3, 0.4) is 0 Å².